The largest absolute Gasteiger partial charge is 0.390 e. The lowest BCUT2D eigenvalue weighted by atomic mass is 10.3. The molecule has 1 rings (SSSR count). The van der Waals surface area contributed by atoms with Gasteiger partial charge in [0.05, 0.1) is 45.0 Å². The van der Waals surface area contributed by atoms with E-state index < -0.39 is 5.91 Å². The van der Waals surface area contributed by atoms with Gasteiger partial charge in [-0.05, 0) is 14.0 Å². The quantitative estimate of drug-likeness (QED) is 0.128. The number of amides is 1. The summed E-state index contributed by atoms with van der Waals surface area (Å²) in [7, 11) is 1.86. The van der Waals surface area contributed by atoms with Crippen molar-refractivity contribution in [1.29, 1.82) is 5.41 Å². The van der Waals surface area contributed by atoms with Gasteiger partial charge in [-0.3, -0.25) is 20.5 Å². The van der Waals surface area contributed by atoms with Gasteiger partial charge >= 0.3 is 0 Å². The first-order chi connectivity index (χ1) is 13.4. The number of carbonyl (C=O) groups excluding carboxylic acids is 1. The second kappa shape index (κ2) is 15.1. The first kappa shape index (κ1) is 25.0. The van der Waals surface area contributed by atoms with Crippen LogP contribution in [-0.4, -0.2) is 74.7 Å². The van der Waals surface area contributed by atoms with E-state index in [0.29, 0.717) is 38.7 Å². The minimum absolute atomic E-state index is 0.0557. The summed E-state index contributed by atoms with van der Waals surface area (Å²) < 4.78 is 10.6. The number of anilines is 2. The summed E-state index contributed by atoms with van der Waals surface area (Å²) in [6, 6.07) is 0. The van der Waals surface area contributed by atoms with Crippen molar-refractivity contribution in [1.82, 2.24) is 20.6 Å². The van der Waals surface area contributed by atoms with E-state index in [2.05, 4.69) is 31.3 Å². The fraction of sp³-hybridized carbons (Fsp3) is 0.533. The zero-order chi connectivity index (χ0) is 21.4. The number of hydrogen-bond acceptors (Lipinski definition) is 10. The van der Waals surface area contributed by atoms with E-state index in [1.165, 1.54) is 0 Å². The molecule has 0 bridgehead atoms. The van der Waals surface area contributed by atoms with Gasteiger partial charge in [0.15, 0.2) is 17.5 Å². The molecule has 13 heteroatoms. The number of nitrogen functional groups attached to an aromatic ring is 2. The monoisotopic (exact) mass is 398 g/mol. The van der Waals surface area contributed by atoms with Crippen LogP contribution < -0.4 is 33.6 Å². The molecule has 0 aliphatic rings. The molecule has 13 nitrogen and oxygen atoms in total. The van der Waals surface area contributed by atoms with Crippen LogP contribution in [0.15, 0.2) is 4.99 Å². The standard InChI is InChI=1S/C14H26N8O3.CH4N2/c1-9-11(15)21-12(16)10(20-9)13(23)22-14(17)19-4-6-25-8-7-24-5-3-18-2;2-1-3/h18H,3-8H2,1-2H3,(H4,15,16,21)(H3,17,19,22,23);1H,(H3,2,3). The normalized spacial score (nSPS) is 10.7. The lowest BCUT2D eigenvalue weighted by Gasteiger charge is -2.08. The number of nitrogens with one attached hydrogen (secondary N) is 3. The smallest absolute Gasteiger partial charge is 0.280 e. The van der Waals surface area contributed by atoms with Crippen molar-refractivity contribution in [3.8, 4) is 0 Å². The third kappa shape index (κ3) is 10.8. The van der Waals surface area contributed by atoms with Crippen LogP contribution in [0.3, 0.4) is 0 Å². The molecular weight excluding hydrogens is 368 g/mol. The number of nitrogens with zero attached hydrogens (tertiary/aromatic N) is 3. The van der Waals surface area contributed by atoms with E-state index in [0.717, 1.165) is 12.9 Å². The van der Waals surface area contributed by atoms with E-state index in [9.17, 15) is 4.79 Å². The Morgan fingerprint density at radius 3 is 2.39 bits per heavy atom. The number of ether oxygens (including phenoxy) is 2. The molecule has 158 valence electrons. The number of rotatable bonds is 10. The highest BCUT2D eigenvalue weighted by Gasteiger charge is 2.15. The Hall–Kier alpha value is -3.03. The van der Waals surface area contributed by atoms with Gasteiger partial charge in [-0.2, -0.15) is 0 Å². The summed E-state index contributed by atoms with van der Waals surface area (Å²) in [4.78, 5) is 23.9. The van der Waals surface area contributed by atoms with E-state index in [1.54, 1.807) is 6.92 Å². The number of aromatic nitrogens is 2. The first-order valence-electron chi connectivity index (χ1n) is 8.38. The van der Waals surface area contributed by atoms with Gasteiger partial charge in [0, 0.05) is 6.54 Å². The minimum atomic E-state index is -0.604. The van der Waals surface area contributed by atoms with Crippen LogP contribution in [0.4, 0.5) is 11.6 Å². The Bertz CT molecular complexity index is 639. The van der Waals surface area contributed by atoms with Crippen molar-refractivity contribution in [2.75, 3.05) is 58.0 Å². The molecule has 1 aromatic rings. The highest BCUT2D eigenvalue weighted by Crippen LogP contribution is 2.11. The van der Waals surface area contributed by atoms with E-state index in [4.69, 9.17) is 32.1 Å². The molecule has 0 unspecified atom stereocenters. The molecule has 1 amide bonds. The predicted molar refractivity (Wildman–Crippen MR) is 108 cm³/mol. The fourth-order valence-electron chi connectivity index (χ4n) is 1.65. The number of hydrogen-bond donors (Lipinski definition) is 7. The zero-order valence-electron chi connectivity index (χ0n) is 16.2. The zero-order valence-corrected chi connectivity index (χ0v) is 16.2. The number of likely N-dealkylation sites (N-methyl/N-ethyl adjacent to an activating group) is 1. The SMILES string of the molecule is CNCCOCCOCCN=C(N)NC(=O)c1nc(C)c(N)nc1N.N=CN. The summed E-state index contributed by atoms with van der Waals surface area (Å²) >= 11 is 0. The van der Waals surface area contributed by atoms with Crippen LogP contribution in [0.2, 0.25) is 0 Å². The van der Waals surface area contributed by atoms with E-state index >= 15 is 0 Å². The van der Waals surface area contributed by atoms with Gasteiger partial charge in [-0.15, -0.1) is 0 Å². The molecule has 0 spiro atoms. The molecule has 28 heavy (non-hydrogen) atoms. The van der Waals surface area contributed by atoms with Gasteiger partial charge in [-0.1, -0.05) is 0 Å². The van der Waals surface area contributed by atoms with Crippen molar-refractivity contribution >= 4 is 29.8 Å². The molecule has 0 saturated heterocycles. The first-order valence-corrected chi connectivity index (χ1v) is 8.38. The number of guanidine groups is 1. The summed E-state index contributed by atoms with van der Waals surface area (Å²) in [6.45, 7) is 4.67. The maximum absolute atomic E-state index is 12.1. The van der Waals surface area contributed by atoms with Crippen LogP contribution in [0.5, 0.6) is 0 Å². The Morgan fingerprint density at radius 2 is 1.79 bits per heavy atom. The number of aliphatic imine (C=N–C) groups is 1. The van der Waals surface area contributed by atoms with Gasteiger partial charge in [-0.25, -0.2) is 9.97 Å². The lowest BCUT2D eigenvalue weighted by Crippen LogP contribution is -2.38. The Labute approximate surface area is 163 Å². The van der Waals surface area contributed by atoms with Crippen molar-refractivity contribution in [3.05, 3.63) is 11.4 Å². The average Bonchev–Trinajstić information content (AvgIpc) is 2.64. The van der Waals surface area contributed by atoms with Crippen LogP contribution in [0, 0.1) is 12.3 Å². The second-order valence-corrected chi connectivity index (χ2v) is 5.14. The number of nitrogens with two attached hydrogens (primary N) is 4. The summed E-state index contributed by atoms with van der Waals surface area (Å²) in [5.74, 6) is -0.569. The highest BCUT2D eigenvalue weighted by molar-refractivity contribution is 6.06. The van der Waals surface area contributed by atoms with Crippen molar-refractivity contribution < 1.29 is 14.3 Å². The molecule has 0 aromatic carbocycles. The molecule has 1 heterocycles. The van der Waals surface area contributed by atoms with Crippen molar-refractivity contribution in [2.45, 2.75) is 6.92 Å². The minimum Gasteiger partial charge on any atom is -0.390 e. The van der Waals surface area contributed by atoms with Crippen LogP contribution in [-0.2, 0) is 9.47 Å². The van der Waals surface area contributed by atoms with Crippen LogP contribution >= 0.6 is 0 Å². The topological polar surface area (TPSA) is 226 Å². The van der Waals surface area contributed by atoms with E-state index in [1.807, 2.05) is 7.05 Å². The maximum atomic E-state index is 12.1. The number of carbonyl (C=O) groups is 1. The van der Waals surface area contributed by atoms with Crippen LogP contribution in [0.25, 0.3) is 0 Å². The summed E-state index contributed by atoms with van der Waals surface area (Å²) in [6.07, 6.45) is 0.750. The highest BCUT2D eigenvalue weighted by atomic mass is 16.5. The molecule has 0 radical (unpaired) electrons. The third-order valence-electron chi connectivity index (χ3n) is 2.98. The average molecular weight is 398 g/mol. The predicted octanol–water partition coefficient (Wildman–Crippen LogP) is -2.20. The lowest BCUT2D eigenvalue weighted by molar-refractivity contribution is 0.0524. The van der Waals surface area contributed by atoms with Gasteiger partial charge in [0.25, 0.3) is 5.91 Å². The molecule has 1 aromatic heterocycles. The Morgan fingerprint density at radius 1 is 1.18 bits per heavy atom. The van der Waals surface area contributed by atoms with Gasteiger partial charge in [0.1, 0.15) is 5.82 Å². The molecular formula is C15H30N10O3. The van der Waals surface area contributed by atoms with Crippen molar-refractivity contribution in [2.24, 2.45) is 16.5 Å². The number of aryl methyl sites for hydroxylation is 1. The van der Waals surface area contributed by atoms with Crippen LogP contribution in [0.1, 0.15) is 16.2 Å². The third-order valence-corrected chi connectivity index (χ3v) is 2.98. The van der Waals surface area contributed by atoms with Gasteiger partial charge < -0.3 is 37.7 Å². The molecule has 11 N–H and O–H groups in total. The Balaban J connectivity index is 0.00000227. The van der Waals surface area contributed by atoms with Gasteiger partial charge in [0.2, 0.25) is 0 Å². The molecule has 0 aliphatic heterocycles. The van der Waals surface area contributed by atoms with Crippen molar-refractivity contribution in [3.63, 3.8) is 0 Å². The summed E-state index contributed by atoms with van der Waals surface area (Å²) in [5, 5.41) is 11.2. The maximum Gasteiger partial charge on any atom is 0.280 e. The molecule has 0 fully saturated rings. The molecule has 0 atom stereocenters. The molecule has 0 saturated carbocycles. The summed E-state index contributed by atoms with van der Waals surface area (Å²) in [5.41, 5.74) is 21.6. The Kier molecular flexibility index (Phi) is 13.4. The fourth-order valence-corrected chi connectivity index (χ4v) is 1.65. The molecule has 0 aliphatic carbocycles. The van der Waals surface area contributed by atoms with E-state index in [-0.39, 0.29) is 23.3 Å². The second-order valence-electron chi connectivity index (χ2n) is 5.14.